The lowest BCUT2D eigenvalue weighted by atomic mass is 10.1. The minimum atomic E-state index is -0.203. The molecule has 0 bridgehead atoms. The third-order valence-electron chi connectivity index (χ3n) is 5.47. The summed E-state index contributed by atoms with van der Waals surface area (Å²) in [6.45, 7) is 4.05. The number of nitrogens with zero attached hydrogens (tertiary/aromatic N) is 4. The number of hydrogen-bond donors (Lipinski definition) is 0. The van der Waals surface area contributed by atoms with Crippen molar-refractivity contribution in [3.05, 3.63) is 84.2 Å². The Hall–Kier alpha value is -2.99. The van der Waals surface area contributed by atoms with Crippen molar-refractivity contribution in [3.63, 3.8) is 0 Å². The molecule has 0 saturated carbocycles. The molecule has 1 amide bonds. The largest absolute Gasteiger partial charge is 0.337 e. The van der Waals surface area contributed by atoms with E-state index in [0.29, 0.717) is 13.0 Å². The van der Waals surface area contributed by atoms with Crippen molar-refractivity contribution in [1.29, 1.82) is 0 Å². The predicted molar refractivity (Wildman–Crippen MR) is 115 cm³/mol. The lowest BCUT2D eigenvalue weighted by Gasteiger charge is -2.23. The maximum atomic E-state index is 13.6. The zero-order chi connectivity index (χ0) is 20.8. The molecule has 4 rings (SSSR count). The number of carbonyl (C=O) groups excluding carboxylic acids is 1. The normalized spacial score (nSPS) is 14.1. The van der Waals surface area contributed by atoms with Gasteiger partial charge in [-0.1, -0.05) is 24.3 Å². The second-order valence-electron chi connectivity index (χ2n) is 7.81. The highest BCUT2D eigenvalue weighted by atomic mass is 19.1. The first-order chi connectivity index (χ1) is 14.7. The summed E-state index contributed by atoms with van der Waals surface area (Å²) in [5.74, 6) is 0.000446. The van der Waals surface area contributed by atoms with Gasteiger partial charge in [-0.05, 0) is 48.2 Å². The van der Waals surface area contributed by atoms with Crippen LogP contribution in [0.25, 0.3) is 0 Å². The minimum absolute atomic E-state index is 0.203. The maximum absolute atomic E-state index is 13.6. The first-order valence-corrected chi connectivity index (χ1v) is 10.5. The van der Waals surface area contributed by atoms with Gasteiger partial charge in [0.1, 0.15) is 5.82 Å². The van der Waals surface area contributed by atoms with Gasteiger partial charge in [0.2, 0.25) is 5.91 Å². The third kappa shape index (κ3) is 5.33. The summed E-state index contributed by atoms with van der Waals surface area (Å²) in [7, 11) is 0. The number of hydrogen-bond acceptors (Lipinski definition) is 3. The van der Waals surface area contributed by atoms with Gasteiger partial charge in [-0.3, -0.25) is 9.69 Å². The van der Waals surface area contributed by atoms with Gasteiger partial charge in [0, 0.05) is 57.2 Å². The van der Waals surface area contributed by atoms with Crippen LogP contribution < -0.4 is 4.90 Å². The van der Waals surface area contributed by atoms with Gasteiger partial charge in [0.05, 0.1) is 6.33 Å². The Morgan fingerprint density at radius 1 is 1.07 bits per heavy atom. The molecule has 1 aromatic heterocycles. The summed E-state index contributed by atoms with van der Waals surface area (Å²) >= 11 is 0. The summed E-state index contributed by atoms with van der Waals surface area (Å²) in [4.78, 5) is 20.3. The van der Waals surface area contributed by atoms with Crippen LogP contribution in [0, 0.1) is 5.82 Å². The molecule has 0 unspecified atom stereocenters. The number of amides is 1. The van der Waals surface area contributed by atoms with E-state index in [1.807, 2.05) is 35.6 Å². The van der Waals surface area contributed by atoms with Crippen LogP contribution in [0.15, 0.2) is 67.3 Å². The summed E-state index contributed by atoms with van der Waals surface area (Å²) < 4.78 is 15.7. The Labute approximate surface area is 176 Å². The fraction of sp³-hybridized carbons (Fsp3) is 0.333. The number of halogens is 1. The Kier molecular flexibility index (Phi) is 6.54. The Morgan fingerprint density at radius 3 is 2.60 bits per heavy atom. The van der Waals surface area contributed by atoms with Crippen LogP contribution in [0.1, 0.15) is 30.4 Å². The van der Waals surface area contributed by atoms with Crippen molar-refractivity contribution in [3.8, 4) is 0 Å². The molecule has 0 N–H and O–H groups in total. The first kappa shape index (κ1) is 20.3. The topological polar surface area (TPSA) is 41.4 Å². The molecule has 0 spiro atoms. The summed E-state index contributed by atoms with van der Waals surface area (Å²) in [6, 6.07) is 15.1. The molecule has 6 heteroatoms. The lowest BCUT2D eigenvalue weighted by molar-refractivity contribution is -0.117. The molecule has 2 heterocycles. The van der Waals surface area contributed by atoms with Crippen molar-refractivity contribution in [2.75, 3.05) is 18.0 Å². The molecule has 30 heavy (non-hydrogen) atoms. The molecular formula is C24H27FN4O. The van der Waals surface area contributed by atoms with Crippen LogP contribution >= 0.6 is 0 Å². The fourth-order valence-electron chi connectivity index (χ4n) is 3.96. The molecule has 3 aromatic rings. The molecular weight excluding hydrogens is 379 g/mol. The van der Waals surface area contributed by atoms with Crippen LogP contribution in [0.3, 0.4) is 0 Å². The van der Waals surface area contributed by atoms with Crippen molar-refractivity contribution in [2.24, 2.45) is 0 Å². The maximum Gasteiger partial charge on any atom is 0.227 e. The van der Waals surface area contributed by atoms with Crippen molar-refractivity contribution in [1.82, 2.24) is 14.5 Å². The molecule has 0 atom stereocenters. The number of benzene rings is 2. The van der Waals surface area contributed by atoms with Crippen molar-refractivity contribution < 1.29 is 9.18 Å². The second kappa shape index (κ2) is 9.67. The highest BCUT2D eigenvalue weighted by Gasteiger charge is 2.21. The monoisotopic (exact) mass is 406 g/mol. The van der Waals surface area contributed by atoms with Crippen molar-refractivity contribution >= 4 is 11.6 Å². The number of rotatable bonds is 9. The van der Waals surface area contributed by atoms with Gasteiger partial charge in [-0.15, -0.1) is 0 Å². The van der Waals surface area contributed by atoms with Gasteiger partial charge in [0.15, 0.2) is 0 Å². The van der Waals surface area contributed by atoms with E-state index >= 15 is 0 Å². The van der Waals surface area contributed by atoms with E-state index < -0.39 is 0 Å². The summed E-state index contributed by atoms with van der Waals surface area (Å²) in [5, 5.41) is 0. The number of aryl methyl sites for hydroxylation is 1. The molecule has 0 radical (unpaired) electrons. The van der Waals surface area contributed by atoms with Gasteiger partial charge in [-0.2, -0.15) is 0 Å². The number of imidazole rings is 1. The van der Waals surface area contributed by atoms with E-state index in [-0.39, 0.29) is 11.7 Å². The average Bonchev–Trinajstić information content (AvgIpc) is 3.40. The molecule has 1 aliphatic heterocycles. The molecule has 5 nitrogen and oxygen atoms in total. The van der Waals surface area contributed by atoms with Gasteiger partial charge in [0.25, 0.3) is 0 Å². The zero-order valence-corrected chi connectivity index (χ0v) is 17.1. The zero-order valence-electron chi connectivity index (χ0n) is 17.1. The van der Waals surface area contributed by atoms with Gasteiger partial charge >= 0.3 is 0 Å². The van der Waals surface area contributed by atoms with Gasteiger partial charge < -0.3 is 9.47 Å². The highest BCUT2D eigenvalue weighted by molar-refractivity contribution is 5.95. The molecule has 1 aliphatic rings. The Balaban J connectivity index is 1.41. The van der Waals surface area contributed by atoms with E-state index in [4.69, 9.17) is 0 Å². The quantitative estimate of drug-likeness (QED) is 0.534. The first-order valence-electron chi connectivity index (χ1n) is 10.5. The Bertz CT molecular complexity index is 956. The predicted octanol–water partition coefficient (Wildman–Crippen LogP) is 4.24. The van der Waals surface area contributed by atoms with Gasteiger partial charge in [-0.25, -0.2) is 9.37 Å². The minimum Gasteiger partial charge on any atom is -0.337 e. The fourth-order valence-corrected chi connectivity index (χ4v) is 3.96. The van der Waals surface area contributed by atoms with Crippen LogP contribution in [-0.2, 0) is 24.4 Å². The van der Waals surface area contributed by atoms with Crippen LogP contribution in [0.4, 0.5) is 10.1 Å². The number of aromatic nitrogens is 2. The van der Waals surface area contributed by atoms with E-state index in [2.05, 4.69) is 26.6 Å². The van der Waals surface area contributed by atoms with Crippen LogP contribution in [0.5, 0.6) is 0 Å². The molecule has 2 aromatic carbocycles. The summed E-state index contributed by atoms with van der Waals surface area (Å²) in [5.41, 5.74) is 3.12. The lowest BCUT2D eigenvalue weighted by Crippen LogP contribution is -2.25. The molecule has 1 fully saturated rings. The highest BCUT2D eigenvalue weighted by Crippen LogP contribution is 2.22. The Morgan fingerprint density at radius 2 is 1.90 bits per heavy atom. The smallest absolute Gasteiger partial charge is 0.227 e. The SMILES string of the molecule is O=C1CCCN1c1ccc(CN(CCCn2ccnc2)Cc2cccc(F)c2)cc1. The van der Waals surface area contributed by atoms with E-state index in [1.54, 1.807) is 18.3 Å². The molecule has 0 aliphatic carbocycles. The van der Waals surface area contributed by atoms with E-state index in [9.17, 15) is 9.18 Å². The second-order valence-corrected chi connectivity index (χ2v) is 7.81. The molecule has 1 saturated heterocycles. The third-order valence-corrected chi connectivity index (χ3v) is 5.47. The standard InChI is InChI=1S/C24H27FN4O/c25-22-5-1-4-21(16-22)18-28(13-3-12-27-15-11-26-19-27)17-20-7-9-23(10-8-20)29-14-2-6-24(29)30/h1,4-5,7-11,15-16,19H,2-3,6,12-14,17-18H2. The average molecular weight is 407 g/mol. The number of anilines is 1. The molecule has 156 valence electrons. The van der Waals surface area contributed by atoms with Crippen molar-refractivity contribution in [2.45, 2.75) is 38.9 Å². The summed E-state index contributed by atoms with van der Waals surface area (Å²) in [6.07, 6.45) is 8.13. The van der Waals surface area contributed by atoms with E-state index in [1.165, 1.54) is 11.6 Å². The van der Waals surface area contributed by atoms with Crippen LogP contribution in [-0.4, -0.2) is 33.4 Å². The van der Waals surface area contributed by atoms with E-state index in [0.717, 1.165) is 50.3 Å². The number of carbonyl (C=O) groups is 1. The van der Waals surface area contributed by atoms with Crippen LogP contribution in [0.2, 0.25) is 0 Å².